The second-order valence-electron chi connectivity index (χ2n) is 5.98. The van der Waals surface area contributed by atoms with Crippen LogP contribution in [0.2, 0.25) is 0 Å². The lowest BCUT2D eigenvalue weighted by Gasteiger charge is -2.48. The number of nitrogens with zero attached hydrogens (tertiary/aromatic N) is 1. The lowest BCUT2D eigenvalue weighted by Crippen LogP contribution is -2.68. The summed E-state index contributed by atoms with van der Waals surface area (Å²) in [7, 11) is 0. The molecule has 18 heavy (non-hydrogen) atoms. The fraction of sp³-hybridized carbons (Fsp3) is 0.857. The second-order valence-corrected chi connectivity index (χ2v) is 5.98. The van der Waals surface area contributed by atoms with Crippen molar-refractivity contribution in [3.63, 3.8) is 0 Å². The van der Waals surface area contributed by atoms with Gasteiger partial charge in [-0.2, -0.15) is 0 Å². The molecule has 1 N–H and O–H groups in total. The molecule has 2 amide bonds. The van der Waals surface area contributed by atoms with E-state index in [1.807, 2.05) is 4.90 Å². The van der Waals surface area contributed by atoms with Gasteiger partial charge in [-0.15, -0.1) is 0 Å². The molecule has 0 aromatic carbocycles. The summed E-state index contributed by atoms with van der Waals surface area (Å²) in [4.78, 5) is 26.6. The minimum atomic E-state index is -0.489. The maximum atomic E-state index is 12.3. The Morgan fingerprint density at radius 2 is 1.67 bits per heavy atom. The smallest absolute Gasteiger partial charge is 0.246 e. The van der Waals surface area contributed by atoms with Crippen LogP contribution in [0.25, 0.3) is 0 Å². The minimum absolute atomic E-state index is 0.102. The van der Waals surface area contributed by atoms with Gasteiger partial charge >= 0.3 is 0 Å². The maximum absolute atomic E-state index is 12.3. The predicted octanol–water partition coefficient (Wildman–Crippen LogP) is 1.59. The number of carbonyl (C=O) groups is 2. The molecule has 1 saturated heterocycles. The van der Waals surface area contributed by atoms with Gasteiger partial charge in [-0.25, -0.2) is 0 Å². The molecule has 100 valence electrons. The highest BCUT2D eigenvalue weighted by Gasteiger charge is 2.52. The van der Waals surface area contributed by atoms with Gasteiger partial charge in [0.1, 0.15) is 5.54 Å². The van der Waals surface area contributed by atoms with Crippen molar-refractivity contribution in [1.29, 1.82) is 0 Å². The van der Waals surface area contributed by atoms with Gasteiger partial charge in [-0.3, -0.25) is 9.59 Å². The van der Waals surface area contributed by atoms with Gasteiger partial charge in [-0.1, -0.05) is 32.1 Å². The summed E-state index contributed by atoms with van der Waals surface area (Å²) in [6, 6.07) is 0.315. The molecular formula is C14H22N2O2. The van der Waals surface area contributed by atoms with Crippen molar-refractivity contribution in [1.82, 2.24) is 10.2 Å². The molecule has 1 heterocycles. The first-order valence-electron chi connectivity index (χ1n) is 7.34. The Labute approximate surface area is 108 Å². The normalized spacial score (nSPS) is 28.8. The van der Waals surface area contributed by atoms with E-state index in [1.54, 1.807) is 0 Å². The Morgan fingerprint density at radius 1 is 1.00 bits per heavy atom. The van der Waals surface area contributed by atoms with E-state index in [4.69, 9.17) is 0 Å². The highest BCUT2D eigenvalue weighted by atomic mass is 16.2. The van der Waals surface area contributed by atoms with Gasteiger partial charge < -0.3 is 10.2 Å². The van der Waals surface area contributed by atoms with Crippen molar-refractivity contribution in [2.45, 2.75) is 69.4 Å². The maximum Gasteiger partial charge on any atom is 0.246 e. The molecule has 0 unspecified atom stereocenters. The molecule has 0 radical (unpaired) electrons. The third kappa shape index (κ3) is 1.73. The molecule has 0 atom stereocenters. The van der Waals surface area contributed by atoms with Gasteiger partial charge in [0.2, 0.25) is 11.8 Å². The van der Waals surface area contributed by atoms with Crippen LogP contribution >= 0.6 is 0 Å². The van der Waals surface area contributed by atoms with Gasteiger partial charge in [0.25, 0.3) is 0 Å². The summed E-state index contributed by atoms with van der Waals surface area (Å²) in [6.45, 7) is 0.205. The van der Waals surface area contributed by atoms with E-state index in [9.17, 15) is 9.59 Å². The van der Waals surface area contributed by atoms with E-state index >= 15 is 0 Å². The number of hydrogen-bond acceptors (Lipinski definition) is 2. The average Bonchev–Trinajstić information content (AvgIpc) is 2.86. The van der Waals surface area contributed by atoms with Crippen LogP contribution in [0.15, 0.2) is 0 Å². The topological polar surface area (TPSA) is 49.4 Å². The molecule has 3 rings (SSSR count). The molecule has 0 bridgehead atoms. The van der Waals surface area contributed by atoms with Gasteiger partial charge in [0.05, 0.1) is 6.54 Å². The van der Waals surface area contributed by atoms with Crippen LogP contribution in [0.1, 0.15) is 57.8 Å². The molecule has 3 aliphatic rings. The van der Waals surface area contributed by atoms with E-state index in [1.165, 1.54) is 19.3 Å². The quantitative estimate of drug-likeness (QED) is 0.768. The van der Waals surface area contributed by atoms with Crippen molar-refractivity contribution in [3.8, 4) is 0 Å². The first-order valence-corrected chi connectivity index (χ1v) is 7.34. The number of rotatable bonds is 1. The third-order valence-electron chi connectivity index (χ3n) is 4.92. The molecule has 1 aliphatic heterocycles. The van der Waals surface area contributed by atoms with E-state index in [0.717, 1.165) is 38.5 Å². The van der Waals surface area contributed by atoms with Crippen molar-refractivity contribution < 1.29 is 9.59 Å². The third-order valence-corrected chi connectivity index (χ3v) is 4.92. The first kappa shape index (κ1) is 12.0. The van der Waals surface area contributed by atoms with Crippen LogP contribution in [-0.2, 0) is 9.59 Å². The van der Waals surface area contributed by atoms with Crippen molar-refractivity contribution in [2.75, 3.05) is 6.54 Å². The van der Waals surface area contributed by atoms with Crippen LogP contribution < -0.4 is 5.32 Å². The Kier molecular flexibility index (Phi) is 3.04. The van der Waals surface area contributed by atoms with Crippen LogP contribution in [0.5, 0.6) is 0 Å². The van der Waals surface area contributed by atoms with Gasteiger partial charge in [0.15, 0.2) is 0 Å². The fourth-order valence-corrected chi connectivity index (χ4v) is 4.07. The molecule has 0 aromatic heterocycles. The molecular weight excluding hydrogens is 228 g/mol. The molecule has 4 nitrogen and oxygen atoms in total. The summed E-state index contributed by atoms with van der Waals surface area (Å²) >= 11 is 0. The number of carbonyl (C=O) groups excluding carboxylic acids is 2. The predicted molar refractivity (Wildman–Crippen MR) is 67.9 cm³/mol. The summed E-state index contributed by atoms with van der Waals surface area (Å²) in [6.07, 6.45) is 9.72. The minimum Gasteiger partial charge on any atom is -0.345 e. The van der Waals surface area contributed by atoms with Crippen LogP contribution in [0.4, 0.5) is 0 Å². The molecule has 2 saturated carbocycles. The standard InChI is InChI=1S/C14H22N2O2/c17-12-10-15-13(18)14(8-4-5-9-14)16(12)11-6-2-1-3-7-11/h11H,1-10H2,(H,15,18). The van der Waals surface area contributed by atoms with Gasteiger partial charge in [-0.05, 0) is 25.7 Å². The number of piperazine rings is 1. The van der Waals surface area contributed by atoms with Gasteiger partial charge in [0, 0.05) is 6.04 Å². The monoisotopic (exact) mass is 250 g/mol. The lowest BCUT2D eigenvalue weighted by atomic mass is 9.85. The molecule has 4 heteroatoms. The van der Waals surface area contributed by atoms with Crippen LogP contribution in [-0.4, -0.2) is 34.8 Å². The summed E-state index contributed by atoms with van der Waals surface area (Å²) in [5.74, 6) is 0.244. The summed E-state index contributed by atoms with van der Waals surface area (Å²) in [5, 5.41) is 2.80. The Morgan fingerprint density at radius 3 is 2.33 bits per heavy atom. The van der Waals surface area contributed by atoms with Crippen molar-refractivity contribution >= 4 is 11.8 Å². The number of amides is 2. The molecule has 1 spiro atoms. The first-order chi connectivity index (χ1) is 8.74. The van der Waals surface area contributed by atoms with Crippen molar-refractivity contribution in [2.24, 2.45) is 0 Å². The largest absolute Gasteiger partial charge is 0.345 e. The lowest BCUT2D eigenvalue weighted by molar-refractivity contribution is -0.158. The molecule has 3 fully saturated rings. The van der Waals surface area contributed by atoms with E-state index in [-0.39, 0.29) is 18.4 Å². The van der Waals surface area contributed by atoms with E-state index < -0.39 is 5.54 Å². The zero-order valence-electron chi connectivity index (χ0n) is 10.9. The fourth-order valence-electron chi connectivity index (χ4n) is 4.07. The highest BCUT2D eigenvalue weighted by Crippen LogP contribution is 2.40. The number of hydrogen-bond donors (Lipinski definition) is 1. The van der Waals surface area contributed by atoms with Crippen molar-refractivity contribution in [3.05, 3.63) is 0 Å². The van der Waals surface area contributed by atoms with Crippen LogP contribution in [0.3, 0.4) is 0 Å². The summed E-state index contributed by atoms with van der Waals surface area (Å²) in [5.41, 5.74) is -0.489. The Balaban J connectivity index is 1.90. The zero-order valence-corrected chi connectivity index (χ0v) is 10.9. The Bertz CT molecular complexity index is 355. The summed E-state index contributed by atoms with van der Waals surface area (Å²) < 4.78 is 0. The SMILES string of the molecule is O=C1CNC(=O)C2(CCCC2)N1C1CCCCC1. The molecule has 0 aromatic rings. The van der Waals surface area contributed by atoms with Crippen LogP contribution in [0, 0.1) is 0 Å². The second kappa shape index (κ2) is 4.56. The molecule has 2 aliphatic carbocycles. The van der Waals surface area contributed by atoms with E-state index in [2.05, 4.69) is 5.32 Å². The zero-order chi connectivity index (χ0) is 12.6. The Hall–Kier alpha value is -1.06. The van der Waals surface area contributed by atoms with E-state index in [0.29, 0.717) is 6.04 Å². The number of nitrogens with one attached hydrogen (secondary N) is 1. The highest BCUT2D eigenvalue weighted by molar-refractivity contribution is 5.98. The average molecular weight is 250 g/mol.